The molecule has 0 unspecified atom stereocenters. The smallest absolute Gasteiger partial charge is 0.246 e. The Morgan fingerprint density at radius 2 is 2.35 bits per heavy atom. The van der Waals surface area contributed by atoms with Gasteiger partial charge in [0.25, 0.3) is 0 Å². The van der Waals surface area contributed by atoms with E-state index >= 15 is 0 Å². The van der Waals surface area contributed by atoms with Crippen molar-refractivity contribution in [1.82, 2.24) is 9.88 Å². The van der Waals surface area contributed by atoms with Crippen molar-refractivity contribution in [2.45, 2.75) is 38.6 Å². The lowest BCUT2D eigenvalue weighted by molar-refractivity contribution is -0.130. The molecular formula is C14H19N3O2S. The Kier molecular flexibility index (Phi) is 4.89. The molecule has 20 heavy (non-hydrogen) atoms. The summed E-state index contributed by atoms with van der Waals surface area (Å²) in [5.74, 6) is -0.421. The molecule has 1 fully saturated rings. The Balaban J connectivity index is 2.02. The molecule has 1 aliphatic rings. The molecule has 0 spiro atoms. The molecule has 108 valence electrons. The fourth-order valence-corrected chi connectivity index (χ4v) is 3.02. The Morgan fingerprint density at radius 1 is 1.55 bits per heavy atom. The van der Waals surface area contributed by atoms with Gasteiger partial charge in [-0.2, -0.15) is 0 Å². The minimum Gasteiger partial charge on any atom is -0.370 e. The predicted molar refractivity (Wildman–Crippen MR) is 79.0 cm³/mol. The molecule has 0 radical (unpaired) electrons. The van der Waals surface area contributed by atoms with E-state index in [-0.39, 0.29) is 24.3 Å². The number of hydrogen-bond acceptors (Lipinski definition) is 4. The number of aromatic nitrogens is 1. The minimum atomic E-state index is -0.353. The zero-order valence-electron chi connectivity index (χ0n) is 11.5. The van der Waals surface area contributed by atoms with Crippen LogP contribution in [-0.2, 0) is 9.59 Å². The van der Waals surface area contributed by atoms with Gasteiger partial charge >= 0.3 is 0 Å². The number of carbonyl (C=O) groups excluding carboxylic acids is 2. The number of aryl methyl sites for hydroxylation is 1. The molecule has 2 N–H and O–H groups in total. The van der Waals surface area contributed by atoms with Crippen molar-refractivity contribution in [3.05, 3.63) is 22.2 Å². The molecule has 0 bridgehead atoms. The van der Waals surface area contributed by atoms with Gasteiger partial charge in [-0.1, -0.05) is 0 Å². The maximum atomic E-state index is 12.2. The summed E-state index contributed by atoms with van der Waals surface area (Å²) < 4.78 is 0. The zero-order chi connectivity index (χ0) is 14.5. The lowest BCUT2D eigenvalue weighted by atomic mass is 9.99. The number of nitrogens with two attached hydrogens (primary N) is 1. The van der Waals surface area contributed by atoms with Crippen molar-refractivity contribution in [1.29, 1.82) is 0 Å². The summed E-state index contributed by atoms with van der Waals surface area (Å²) in [4.78, 5) is 29.3. The van der Waals surface area contributed by atoms with E-state index in [9.17, 15) is 9.59 Å². The summed E-state index contributed by atoms with van der Waals surface area (Å²) in [5.41, 5.74) is 6.05. The Bertz CT molecular complexity index is 524. The number of hydrogen-bond donors (Lipinski definition) is 1. The average molecular weight is 293 g/mol. The molecule has 1 atom stereocenters. The van der Waals surface area contributed by atoms with Crippen LogP contribution in [0.25, 0.3) is 6.08 Å². The van der Waals surface area contributed by atoms with Gasteiger partial charge in [0, 0.05) is 30.5 Å². The zero-order valence-corrected chi connectivity index (χ0v) is 12.4. The first kappa shape index (κ1) is 14.7. The second-order valence-corrected chi connectivity index (χ2v) is 6.04. The fraction of sp³-hybridized carbons (Fsp3) is 0.500. The molecule has 1 aliphatic heterocycles. The SMILES string of the molecule is Cc1nc(/C=C/C(=O)N2CCCC[C@@H]2CC(N)=O)cs1. The summed E-state index contributed by atoms with van der Waals surface area (Å²) in [5, 5.41) is 2.89. The first-order valence-electron chi connectivity index (χ1n) is 6.75. The van der Waals surface area contributed by atoms with E-state index in [1.54, 1.807) is 22.3 Å². The summed E-state index contributed by atoms with van der Waals surface area (Å²) in [6.07, 6.45) is 6.37. The van der Waals surface area contributed by atoms with E-state index < -0.39 is 0 Å². The van der Waals surface area contributed by atoms with Gasteiger partial charge in [0.05, 0.1) is 10.7 Å². The summed E-state index contributed by atoms with van der Waals surface area (Å²) in [7, 11) is 0. The molecule has 2 amide bonds. The van der Waals surface area contributed by atoms with Gasteiger partial charge in [0.15, 0.2) is 0 Å². The Hall–Kier alpha value is -1.69. The Labute approximate surface area is 122 Å². The largest absolute Gasteiger partial charge is 0.370 e. The molecule has 2 heterocycles. The summed E-state index contributed by atoms with van der Waals surface area (Å²) in [6, 6.07) is -0.0597. The van der Waals surface area contributed by atoms with E-state index in [0.29, 0.717) is 6.54 Å². The van der Waals surface area contributed by atoms with Gasteiger partial charge in [-0.05, 0) is 32.3 Å². The van der Waals surface area contributed by atoms with Crippen LogP contribution >= 0.6 is 11.3 Å². The highest BCUT2D eigenvalue weighted by Gasteiger charge is 2.26. The van der Waals surface area contributed by atoms with Gasteiger partial charge in [0.2, 0.25) is 11.8 Å². The average Bonchev–Trinajstić information content (AvgIpc) is 2.82. The van der Waals surface area contributed by atoms with Crippen LogP contribution in [-0.4, -0.2) is 34.3 Å². The maximum Gasteiger partial charge on any atom is 0.246 e. The second-order valence-electron chi connectivity index (χ2n) is 4.98. The number of nitrogens with zero attached hydrogens (tertiary/aromatic N) is 2. The van der Waals surface area contributed by atoms with E-state index in [2.05, 4.69) is 4.98 Å². The summed E-state index contributed by atoms with van der Waals surface area (Å²) in [6.45, 7) is 2.62. The van der Waals surface area contributed by atoms with Gasteiger partial charge in [-0.25, -0.2) is 4.98 Å². The molecule has 0 aromatic carbocycles. The maximum absolute atomic E-state index is 12.2. The lowest BCUT2D eigenvalue weighted by Crippen LogP contribution is -2.44. The molecule has 6 heteroatoms. The van der Waals surface area contributed by atoms with Crippen molar-refractivity contribution in [2.24, 2.45) is 5.73 Å². The third-order valence-electron chi connectivity index (χ3n) is 3.38. The number of piperidine rings is 1. The topological polar surface area (TPSA) is 76.3 Å². The van der Waals surface area contributed by atoms with Gasteiger partial charge in [-0.15, -0.1) is 11.3 Å². The highest BCUT2D eigenvalue weighted by atomic mass is 32.1. The first-order chi connectivity index (χ1) is 9.56. The minimum absolute atomic E-state index is 0.0597. The second kappa shape index (κ2) is 6.65. The van der Waals surface area contributed by atoms with Crippen LogP contribution in [0.2, 0.25) is 0 Å². The first-order valence-corrected chi connectivity index (χ1v) is 7.63. The van der Waals surface area contributed by atoms with Crippen LogP contribution in [0.1, 0.15) is 36.4 Å². The van der Waals surface area contributed by atoms with Crippen molar-refractivity contribution in [2.75, 3.05) is 6.54 Å². The van der Waals surface area contributed by atoms with E-state index in [4.69, 9.17) is 5.73 Å². The molecule has 1 aromatic rings. The highest BCUT2D eigenvalue weighted by molar-refractivity contribution is 7.09. The van der Waals surface area contributed by atoms with E-state index in [1.807, 2.05) is 12.3 Å². The molecule has 0 saturated carbocycles. The number of thiazole rings is 1. The van der Waals surface area contributed by atoms with Crippen LogP contribution in [0.3, 0.4) is 0 Å². The molecule has 5 nitrogen and oxygen atoms in total. The van der Waals surface area contributed by atoms with Gasteiger partial charge in [0.1, 0.15) is 0 Å². The number of carbonyl (C=O) groups is 2. The van der Waals surface area contributed by atoms with Crippen LogP contribution < -0.4 is 5.73 Å². The highest BCUT2D eigenvalue weighted by Crippen LogP contribution is 2.20. The fourth-order valence-electron chi connectivity index (χ4n) is 2.44. The number of rotatable bonds is 4. The number of primary amides is 1. The number of likely N-dealkylation sites (tertiary alicyclic amines) is 1. The molecular weight excluding hydrogens is 274 g/mol. The van der Waals surface area contributed by atoms with Gasteiger partial charge < -0.3 is 10.6 Å². The Morgan fingerprint density at radius 3 is 3.00 bits per heavy atom. The van der Waals surface area contributed by atoms with Crippen LogP contribution in [0, 0.1) is 6.92 Å². The molecule has 2 rings (SSSR count). The van der Waals surface area contributed by atoms with Crippen molar-refractivity contribution in [3.63, 3.8) is 0 Å². The third kappa shape index (κ3) is 3.90. The van der Waals surface area contributed by atoms with Crippen molar-refractivity contribution >= 4 is 29.2 Å². The van der Waals surface area contributed by atoms with Crippen molar-refractivity contribution in [3.8, 4) is 0 Å². The van der Waals surface area contributed by atoms with E-state index in [1.165, 1.54) is 6.08 Å². The molecule has 1 aromatic heterocycles. The third-order valence-corrected chi connectivity index (χ3v) is 4.17. The van der Waals surface area contributed by atoms with E-state index in [0.717, 1.165) is 30.0 Å². The van der Waals surface area contributed by atoms with Crippen molar-refractivity contribution < 1.29 is 9.59 Å². The monoisotopic (exact) mass is 293 g/mol. The quantitative estimate of drug-likeness (QED) is 0.859. The van der Waals surface area contributed by atoms with Gasteiger partial charge in [-0.3, -0.25) is 9.59 Å². The lowest BCUT2D eigenvalue weighted by Gasteiger charge is -2.34. The molecule has 0 aliphatic carbocycles. The number of amides is 2. The predicted octanol–water partition coefficient (Wildman–Crippen LogP) is 1.72. The standard InChI is InChI=1S/C14H19N3O2S/c1-10-16-11(9-20-10)5-6-14(19)17-7-3-2-4-12(17)8-13(15)18/h5-6,9,12H,2-4,7-8H2,1H3,(H2,15,18)/b6-5+/t12-/m1/s1. The van der Waals surface area contributed by atoms with Crippen LogP contribution in [0.15, 0.2) is 11.5 Å². The molecule has 1 saturated heterocycles. The summed E-state index contributed by atoms with van der Waals surface area (Å²) >= 11 is 1.55. The van der Waals surface area contributed by atoms with Crippen LogP contribution in [0.4, 0.5) is 0 Å². The van der Waals surface area contributed by atoms with Crippen LogP contribution in [0.5, 0.6) is 0 Å². The normalized spacial score (nSPS) is 19.4.